The van der Waals surface area contributed by atoms with Gasteiger partial charge in [-0.05, 0) is 43.2 Å². The molecule has 0 fully saturated rings. The van der Waals surface area contributed by atoms with Gasteiger partial charge in [0.1, 0.15) is 17.5 Å². The SMILES string of the molecule is Cc1nc(NC(C)c2cccc(-c3cnn(C)c3)c2)cc(-c2cccc(F)c2)n1. The molecule has 2 heterocycles. The second-order valence-corrected chi connectivity index (χ2v) is 7.09. The second-order valence-electron chi connectivity index (χ2n) is 7.09. The summed E-state index contributed by atoms with van der Waals surface area (Å²) >= 11 is 0. The average Bonchev–Trinajstić information content (AvgIpc) is 3.14. The van der Waals surface area contributed by atoms with Crippen molar-refractivity contribution in [2.75, 3.05) is 5.32 Å². The van der Waals surface area contributed by atoms with Crippen molar-refractivity contribution < 1.29 is 4.39 Å². The molecule has 0 saturated carbocycles. The molecule has 5 nitrogen and oxygen atoms in total. The standard InChI is InChI=1S/C23H22FN5/c1-15(17-6-4-7-18(10-17)20-13-25-29(3)14-20)26-23-12-22(27-16(2)28-23)19-8-5-9-21(24)11-19/h4-15H,1-3H3,(H,26,27,28). The lowest BCUT2D eigenvalue weighted by Crippen LogP contribution is -2.09. The smallest absolute Gasteiger partial charge is 0.130 e. The molecular formula is C23H22FN5. The first kappa shape index (κ1) is 18.8. The van der Waals surface area contributed by atoms with Gasteiger partial charge in [0.25, 0.3) is 0 Å². The molecule has 0 saturated heterocycles. The van der Waals surface area contributed by atoms with Crippen molar-refractivity contribution in [3.05, 3.63) is 84.2 Å². The van der Waals surface area contributed by atoms with Gasteiger partial charge in [-0.25, -0.2) is 14.4 Å². The van der Waals surface area contributed by atoms with Crippen LogP contribution >= 0.6 is 0 Å². The summed E-state index contributed by atoms with van der Waals surface area (Å²) < 4.78 is 15.4. The van der Waals surface area contributed by atoms with Gasteiger partial charge in [-0.1, -0.05) is 30.3 Å². The molecule has 29 heavy (non-hydrogen) atoms. The number of nitrogens with zero attached hydrogens (tertiary/aromatic N) is 4. The minimum atomic E-state index is -0.283. The molecule has 1 N–H and O–H groups in total. The Morgan fingerprint density at radius 2 is 1.76 bits per heavy atom. The van der Waals surface area contributed by atoms with Crippen molar-refractivity contribution in [3.8, 4) is 22.4 Å². The molecule has 0 spiro atoms. The van der Waals surface area contributed by atoms with E-state index < -0.39 is 0 Å². The highest BCUT2D eigenvalue weighted by atomic mass is 19.1. The Balaban J connectivity index is 1.59. The van der Waals surface area contributed by atoms with Crippen LogP contribution in [0.3, 0.4) is 0 Å². The molecule has 0 amide bonds. The van der Waals surface area contributed by atoms with E-state index >= 15 is 0 Å². The molecule has 146 valence electrons. The van der Waals surface area contributed by atoms with Gasteiger partial charge in [0.15, 0.2) is 0 Å². The molecule has 0 radical (unpaired) electrons. The summed E-state index contributed by atoms with van der Waals surface area (Å²) in [4.78, 5) is 8.96. The zero-order valence-corrected chi connectivity index (χ0v) is 16.6. The quantitative estimate of drug-likeness (QED) is 0.514. The third-order valence-corrected chi connectivity index (χ3v) is 4.75. The van der Waals surface area contributed by atoms with Crippen molar-refractivity contribution in [2.24, 2.45) is 7.05 Å². The highest BCUT2D eigenvalue weighted by Crippen LogP contribution is 2.26. The van der Waals surface area contributed by atoms with Gasteiger partial charge in [-0.15, -0.1) is 0 Å². The number of rotatable bonds is 5. The van der Waals surface area contributed by atoms with Crippen molar-refractivity contribution in [1.29, 1.82) is 0 Å². The van der Waals surface area contributed by atoms with Crippen molar-refractivity contribution in [1.82, 2.24) is 19.7 Å². The Kier molecular flexibility index (Phi) is 5.08. The normalized spacial score (nSPS) is 12.0. The van der Waals surface area contributed by atoms with Crippen molar-refractivity contribution >= 4 is 5.82 Å². The summed E-state index contributed by atoms with van der Waals surface area (Å²) in [6.07, 6.45) is 3.85. The first-order valence-electron chi connectivity index (χ1n) is 9.45. The highest BCUT2D eigenvalue weighted by molar-refractivity contribution is 5.64. The third kappa shape index (κ3) is 4.32. The van der Waals surface area contributed by atoms with Crippen LogP contribution in [0, 0.1) is 12.7 Å². The highest BCUT2D eigenvalue weighted by Gasteiger charge is 2.11. The maximum atomic E-state index is 13.6. The minimum Gasteiger partial charge on any atom is -0.363 e. The van der Waals surface area contributed by atoms with Crippen molar-refractivity contribution in [3.63, 3.8) is 0 Å². The van der Waals surface area contributed by atoms with Crippen LogP contribution < -0.4 is 5.32 Å². The van der Waals surface area contributed by atoms with Gasteiger partial charge in [0, 0.05) is 36.5 Å². The molecule has 2 aromatic heterocycles. The van der Waals surface area contributed by atoms with Crippen LogP contribution in [0.1, 0.15) is 24.4 Å². The number of aromatic nitrogens is 4. The Morgan fingerprint density at radius 1 is 0.966 bits per heavy atom. The summed E-state index contributed by atoms with van der Waals surface area (Å²) in [5.74, 6) is 1.05. The van der Waals surface area contributed by atoms with E-state index in [9.17, 15) is 4.39 Å². The molecular weight excluding hydrogens is 365 g/mol. The molecule has 1 unspecified atom stereocenters. The van der Waals surface area contributed by atoms with E-state index in [1.165, 1.54) is 12.1 Å². The van der Waals surface area contributed by atoms with Gasteiger partial charge in [0.05, 0.1) is 11.9 Å². The number of benzene rings is 2. The number of halogens is 1. The van der Waals surface area contributed by atoms with Gasteiger partial charge >= 0.3 is 0 Å². The van der Waals surface area contributed by atoms with E-state index in [4.69, 9.17) is 0 Å². The number of aryl methyl sites for hydroxylation is 2. The predicted octanol–water partition coefficient (Wildman–Crippen LogP) is 5.16. The fourth-order valence-corrected chi connectivity index (χ4v) is 3.30. The number of anilines is 1. The minimum absolute atomic E-state index is 0.0290. The largest absolute Gasteiger partial charge is 0.363 e. The van der Waals surface area contributed by atoms with Gasteiger partial charge in [0.2, 0.25) is 0 Å². The molecule has 1 atom stereocenters. The summed E-state index contributed by atoms with van der Waals surface area (Å²) in [6, 6.07) is 16.7. The Bertz CT molecular complexity index is 1150. The van der Waals surface area contributed by atoms with Gasteiger partial charge < -0.3 is 5.32 Å². The van der Waals surface area contributed by atoms with Crippen LogP contribution in [0.25, 0.3) is 22.4 Å². The number of hydrogen-bond acceptors (Lipinski definition) is 4. The lowest BCUT2D eigenvalue weighted by atomic mass is 10.0. The Labute approximate surface area is 169 Å². The molecule has 0 bridgehead atoms. The van der Waals surface area contributed by atoms with E-state index in [2.05, 4.69) is 45.5 Å². The number of nitrogens with one attached hydrogen (secondary N) is 1. The van der Waals surface area contributed by atoms with E-state index in [-0.39, 0.29) is 11.9 Å². The molecule has 2 aromatic carbocycles. The van der Waals surface area contributed by atoms with Gasteiger partial charge in [-0.3, -0.25) is 4.68 Å². The van der Waals surface area contributed by atoms with E-state index in [0.717, 1.165) is 22.3 Å². The predicted molar refractivity (Wildman–Crippen MR) is 113 cm³/mol. The topological polar surface area (TPSA) is 55.6 Å². The zero-order valence-electron chi connectivity index (χ0n) is 16.6. The molecule has 4 rings (SSSR count). The second kappa shape index (κ2) is 7.83. The first-order valence-corrected chi connectivity index (χ1v) is 9.45. The number of hydrogen-bond donors (Lipinski definition) is 1. The summed E-state index contributed by atoms with van der Waals surface area (Å²) in [5, 5.41) is 7.69. The van der Waals surface area contributed by atoms with Crippen LogP contribution in [0.4, 0.5) is 10.2 Å². The van der Waals surface area contributed by atoms with Crippen molar-refractivity contribution in [2.45, 2.75) is 19.9 Å². The molecule has 0 aliphatic carbocycles. The molecule has 0 aliphatic rings. The van der Waals surface area contributed by atoms with E-state index in [0.29, 0.717) is 17.3 Å². The summed E-state index contributed by atoms with van der Waals surface area (Å²) in [6.45, 7) is 3.92. The summed E-state index contributed by atoms with van der Waals surface area (Å²) in [7, 11) is 1.91. The zero-order chi connectivity index (χ0) is 20.4. The fourth-order valence-electron chi connectivity index (χ4n) is 3.30. The van der Waals surface area contributed by atoms with Crippen LogP contribution in [-0.4, -0.2) is 19.7 Å². The Morgan fingerprint density at radius 3 is 2.52 bits per heavy atom. The molecule has 4 aromatic rings. The average molecular weight is 387 g/mol. The maximum absolute atomic E-state index is 13.6. The maximum Gasteiger partial charge on any atom is 0.130 e. The monoisotopic (exact) mass is 387 g/mol. The Hall–Kier alpha value is -3.54. The first-order chi connectivity index (χ1) is 14.0. The van der Waals surface area contributed by atoms with Crippen LogP contribution in [0.2, 0.25) is 0 Å². The van der Waals surface area contributed by atoms with Crippen LogP contribution in [0.5, 0.6) is 0 Å². The third-order valence-electron chi connectivity index (χ3n) is 4.75. The summed E-state index contributed by atoms with van der Waals surface area (Å²) in [5.41, 5.74) is 4.74. The van der Waals surface area contributed by atoms with Crippen LogP contribution in [0.15, 0.2) is 67.0 Å². The molecule has 0 aliphatic heterocycles. The van der Waals surface area contributed by atoms with Gasteiger partial charge in [-0.2, -0.15) is 5.10 Å². The van der Waals surface area contributed by atoms with E-state index in [1.807, 2.05) is 44.6 Å². The van der Waals surface area contributed by atoms with Crippen LogP contribution in [-0.2, 0) is 7.05 Å². The lowest BCUT2D eigenvalue weighted by molar-refractivity contribution is 0.628. The fraction of sp³-hybridized carbons (Fsp3) is 0.174. The molecule has 6 heteroatoms. The van der Waals surface area contributed by atoms with E-state index in [1.54, 1.807) is 10.7 Å². The lowest BCUT2D eigenvalue weighted by Gasteiger charge is -2.17.